The first-order valence-electron chi connectivity index (χ1n) is 6.91. The molecular formula is C15H21FN2O. The maximum atomic E-state index is 13.6. The standard InChI is InChI=1S/C15H21FN2O/c1-3-12(2)17-8-10-18(11-9-17)15(19)13-6-4-5-7-14(13)16/h4-7,12H,3,8-11H2,1-2H3. The quantitative estimate of drug-likeness (QED) is 0.837. The van der Waals surface area contributed by atoms with Gasteiger partial charge in [0.15, 0.2) is 0 Å². The molecule has 1 heterocycles. The lowest BCUT2D eigenvalue weighted by Crippen LogP contribution is -2.51. The first-order chi connectivity index (χ1) is 9.13. The number of amides is 1. The van der Waals surface area contributed by atoms with Crippen molar-refractivity contribution in [2.75, 3.05) is 26.2 Å². The first kappa shape index (κ1) is 14.0. The van der Waals surface area contributed by atoms with Gasteiger partial charge in [0.25, 0.3) is 5.91 Å². The Labute approximate surface area is 114 Å². The van der Waals surface area contributed by atoms with Gasteiger partial charge in [-0.3, -0.25) is 9.69 Å². The van der Waals surface area contributed by atoms with Crippen molar-refractivity contribution < 1.29 is 9.18 Å². The molecule has 1 saturated heterocycles. The summed E-state index contributed by atoms with van der Waals surface area (Å²) in [4.78, 5) is 16.4. The van der Waals surface area contributed by atoms with Crippen LogP contribution in [0, 0.1) is 5.82 Å². The molecule has 0 radical (unpaired) electrons. The molecule has 1 atom stereocenters. The highest BCUT2D eigenvalue weighted by atomic mass is 19.1. The van der Waals surface area contributed by atoms with Gasteiger partial charge in [-0.05, 0) is 25.5 Å². The Balaban J connectivity index is 1.98. The fourth-order valence-electron chi connectivity index (χ4n) is 2.43. The summed E-state index contributed by atoms with van der Waals surface area (Å²) < 4.78 is 13.6. The average molecular weight is 264 g/mol. The predicted octanol–water partition coefficient (Wildman–Crippen LogP) is 2.38. The summed E-state index contributed by atoms with van der Waals surface area (Å²) in [5.74, 6) is -0.626. The van der Waals surface area contributed by atoms with Crippen LogP contribution in [0.25, 0.3) is 0 Å². The van der Waals surface area contributed by atoms with E-state index in [-0.39, 0.29) is 11.5 Å². The first-order valence-corrected chi connectivity index (χ1v) is 6.91. The van der Waals surface area contributed by atoms with Gasteiger partial charge >= 0.3 is 0 Å². The summed E-state index contributed by atoms with van der Waals surface area (Å²) in [5, 5.41) is 0. The Kier molecular flexibility index (Phi) is 4.53. The van der Waals surface area contributed by atoms with Crippen LogP contribution in [0.5, 0.6) is 0 Å². The number of nitrogens with zero attached hydrogens (tertiary/aromatic N) is 2. The molecule has 1 fully saturated rings. The van der Waals surface area contributed by atoms with E-state index in [9.17, 15) is 9.18 Å². The van der Waals surface area contributed by atoms with Crippen LogP contribution in [0.3, 0.4) is 0 Å². The molecule has 3 nitrogen and oxygen atoms in total. The molecule has 0 aliphatic carbocycles. The minimum Gasteiger partial charge on any atom is -0.336 e. The molecule has 1 aromatic carbocycles. The van der Waals surface area contributed by atoms with Gasteiger partial charge in [-0.2, -0.15) is 0 Å². The summed E-state index contributed by atoms with van der Waals surface area (Å²) in [7, 11) is 0. The Morgan fingerprint density at radius 3 is 2.47 bits per heavy atom. The molecule has 1 aromatic rings. The number of benzene rings is 1. The highest BCUT2D eigenvalue weighted by molar-refractivity contribution is 5.94. The van der Waals surface area contributed by atoms with Crippen LogP contribution in [-0.4, -0.2) is 47.9 Å². The van der Waals surface area contributed by atoms with E-state index in [0.717, 1.165) is 19.5 Å². The van der Waals surface area contributed by atoms with Crippen LogP contribution < -0.4 is 0 Å². The third kappa shape index (κ3) is 3.13. The minimum absolute atomic E-state index is 0.180. The van der Waals surface area contributed by atoms with Crippen molar-refractivity contribution in [1.29, 1.82) is 0 Å². The van der Waals surface area contributed by atoms with Crippen LogP contribution in [0.4, 0.5) is 4.39 Å². The second kappa shape index (κ2) is 6.15. The second-order valence-corrected chi connectivity index (χ2v) is 5.07. The summed E-state index contributed by atoms with van der Waals surface area (Å²) in [6, 6.07) is 6.74. The number of rotatable bonds is 3. The zero-order valence-electron chi connectivity index (χ0n) is 11.6. The molecule has 0 spiro atoms. The SMILES string of the molecule is CCC(C)N1CCN(C(=O)c2ccccc2F)CC1. The zero-order chi connectivity index (χ0) is 13.8. The number of halogens is 1. The zero-order valence-corrected chi connectivity index (χ0v) is 11.6. The number of carbonyl (C=O) groups excluding carboxylic acids is 1. The third-order valence-electron chi connectivity index (χ3n) is 3.92. The van der Waals surface area contributed by atoms with E-state index < -0.39 is 5.82 Å². The molecule has 1 unspecified atom stereocenters. The lowest BCUT2D eigenvalue weighted by atomic mass is 10.1. The summed E-state index contributed by atoms with van der Waals surface area (Å²) in [5.41, 5.74) is 0.180. The maximum Gasteiger partial charge on any atom is 0.256 e. The largest absolute Gasteiger partial charge is 0.336 e. The number of carbonyl (C=O) groups is 1. The molecular weight excluding hydrogens is 243 g/mol. The molecule has 0 N–H and O–H groups in total. The molecule has 19 heavy (non-hydrogen) atoms. The lowest BCUT2D eigenvalue weighted by molar-refractivity contribution is 0.0575. The maximum absolute atomic E-state index is 13.6. The molecule has 0 bridgehead atoms. The van der Waals surface area contributed by atoms with E-state index in [1.54, 1.807) is 23.1 Å². The van der Waals surface area contributed by atoms with Gasteiger partial charge in [-0.25, -0.2) is 4.39 Å². The highest BCUT2D eigenvalue weighted by Crippen LogP contribution is 2.14. The lowest BCUT2D eigenvalue weighted by Gasteiger charge is -2.37. The minimum atomic E-state index is -0.433. The van der Waals surface area contributed by atoms with Gasteiger partial charge in [0.2, 0.25) is 0 Å². The predicted molar refractivity (Wildman–Crippen MR) is 73.6 cm³/mol. The molecule has 4 heteroatoms. The fraction of sp³-hybridized carbons (Fsp3) is 0.533. The molecule has 0 saturated carbocycles. The van der Waals surface area contributed by atoms with Crippen molar-refractivity contribution in [1.82, 2.24) is 9.80 Å². The number of hydrogen-bond acceptors (Lipinski definition) is 2. The Bertz CT molecular complexity index is 442. The van der Waals surface area contributed by atoms with Gasteiger partial charge in [-0.15, -0.1) is 0 Å². The topological polar surface area (TPSA) is 23.6 Å². The van der Waals surface area contributed by atoms with Gasteiger partial charge in [0, 0.05) is 32.2 Å². The number of hydrogen-bond donors (Lipinski definition) is 0. The van der Waals surface area contributed by atoms with Crippen LogP contribution in [0.15, 0.2) is 24.3 Å². The Morgan fingerprint density at radius 1 is 1.26 bits per heavy atom. The van der Waals surface area contributed by atoms with Crippen LogP contribution in [-0.2, 0) is 0 Å². The van der Waals surface area contributed by atoms with Crippen LogP contribution in [0.2, 0.25) is 0 Å². The van der Waals surface area contributed by atoms with E-state index in [0.29, 0.717) is 19.1 Å². The summed E-state index contributed by atoms with van der Waals surface area (Å²) >= 11 is 0. The molecule has 2 rings (SSSR count). The molecule has 104 valence electrons. The van der Waals surface area contributed by atoms with Crippen molar-refractivity contribution >= 4 is 5.91 Å². The van der Waals surface area contributed by atoms with Crippen molar-refractivity contribution in [2.45, 2.75) is 26.3 Å². The van der Waals surface area contributed by atoms with Crippen molar-refractivity contribution in [2.24, 2.45) is 0 Å². The second-order valence-electron chi connectivity index (χ2n) is 5.07. The van der Waals surface area contributed by atoms with Crippen LogP contribution in [0.1, 0.15) is 30.6 Å². The monoisotopic (exact) mass is 264 g/mol. The third-order valence-corrected chi connectivity index (χ3v) is 3.92. The van der Waals surface area contributed by atoms with E-state index in [1.165, 1.54) is 6.07 Å². The van der Waals surface area contributed by atoms with E-state index >= 15 is 0 Å². The molecule has 1 aliphatic heterocycles. The van der Waals surface area contributed by atoms with E-state index in [1.807, 2.05) is 0 Å². The molecule has 1 aliphatic rings. The van der Waals surface area contributed by atoms with Gasteiger partial charge in [0.05, 0.1) is 5.56 Å². The van der Waals surface area contributed by atoms with Gasteiger partial charge in [-0.1, -0.05) is 19.1 Å². The van der Waals surface area contributed by atoms with E-state index in [2.05, 4.69) is 18.7 Å². The Morgan fingerprint density at radius 2 is 1.89 bits per heavy atom. The summed E-state index contributed by atoms with van der Waals surface area (Å²) in [6.45, 7) is 7.47. The number of piperazine rings is 1. The highest BCUT2D eigenvalue weighted by Gasteiger charge is 2.25. The normalized spacial score (nSPS) is 18.4. The molecule has 1 amide bonds. The van der Waals surface area contributed by atoms with Gasteiger partial charge < -0.3 is 4.90 Å². The fourth-order valence-corrected chi connectivity index (χ4v) is 2.43. The van der Waals surface area contributed by atoms with Crippen LogP contribution >= 0.6 is 0 Å². The summed E-state index contributed by atoms with van der Waals surface area (Å²) in [6.07, 6.45) is 1.11. The van der Waals surface area contributed by atoms with E-state index in [4.69, 9.17) is 0 Å². The Hall–Kier alpha value is -1.42. The van der Waals surface area contributed by atoms with Crippen molar-refractivity contribution in [3.63, 3.8) is 0 Å². The average Bonchev–Trinajstić information content (AvgIpc) is 2.46. The van der Waals surface area contributed by atoms with Crippen molar-refractivity contribution in [3.8, 4) is 0 Å². The van der Waals surface area contributed by atoms with Crippen molar-refractivity contribution in [3.05, 3.63) is 35.6 Å². The molecule has 0 aromatic heterocycles. The van der Waals surface area contributed by atoms with Gasteiger partial charge in [0.1, 0.15) is 5.82 Å². The smallest absolute Gasteiger partial charge is 0.256 e.